The topological polar surface area (TPSA) is 115 Å². The van der Waals surface area contributed by atoms with Crippen LogP contribution >= 0.6 is 0 Å². The monoisotopic (exact) mass is 419 g/mol. The third-order valence-corrected chi connectivity index (χ3v) is 6.43. The molecule has 1 aliphatic carbocycles. The lowest BCUT2D eigenvalue weighted by molar-refractivity contribution is -0.157. The highest BCUT2D eigenvalue weighted by Crippen LogP contribution is 2.27. The lowest BCUT2D eigenvalue weighted by atomic mass is 9.84. The Morgan fingerprint density at radius 3 is 2.60 bits per heavy atom. The van der Waals surface area contributed by atoms with Crippen LogP contribution in [0, 0.1) is 17.2 Å². The van der Waals surface area contributed by atoms with Crippen LogP contribution in [0.4, 0.5) is 0 Å². The molecule has 0 aromatic heterocycles. The number of ether oxygens (including phenoxy) is 1. The summed E-state index contributed by atoms with van der Waals surface area (Å²) < 4.78 is 5.14. The van der Waals surface area contributed by atoms with E-state index in [4.69, 9.17) is 10.00 Å². The molecule has 0 aromatic carbocycles. The van der Waals surface area contributed by atoms with E-state index in [1.165, 1.54) is 0 Å². The molecule has 2 amide bonds. The summed E-state index contributed by atoms with van der Waals surface area (Å²) in [5, 5.41) is 15.6. The van der Waals surface area contributed by atoms with Crippen molar-refractivity contribution in [1.29, 1.82) is 5.26 Å². The summed E-state index contributed by atoms with van der Waals surface area (Å²) in [6.45, 7) is 4.61. The van der Waals surface area contributed by atoms with Crippen molar-refractivity contribution >= 4 is 17.8 Å². The first-order chi connectivity index (χ1) is 14.5. The van der Waals surface area contributed by atoms with Crippen LogP contribution in [0.5, 0.6) is 0 Å². The second-order valence-electron chi connectivity index (χ2n) is 8.31. The van der Waals surface area contributed by atoms with Crippen molar-refractivity contribution in [2.45, 2.75) is 63.6 Å². The van der Waals surface area contributed by atoms with Crippen molar-refractivity contribution in [2.24, 2.45) is 5.92 Å². The first-order valence-electron chi connectivity index (χ1n) is 11.2. The van der Waals surface area contributed by atoms with Crippen LogP contribution in [0.15, 0.2) is 0 Å². The fraction of sp³-hybridized carbons (Fsp3) is 0.810. The maximum Gasteiger partial charge on any atom is 0.330 e. The van der Waals surface area contributed by atoms with E-state index in [-0.39, 0.29) is 42.3 Å². The van der Waals surface area contributed by atoms with E-state index < -0.39 is 6.04 Å². The lowest BCUT2D eigenvalue weighted by Gasteiger charge is -2.38. The largest absolute Gasteiger partial charge is 0.464 e. The fourth-order valence-corrected chi connectivity index (χ4v) is 4.73. The molecule has 9 nitrogen and oxygen atoms in total. The zero-order valence-electron chi connectivity index (χ0n) is 17.8. The number of nitriles is 1. The molecule has 2 atom stereocenters. The summed E-state index contributed by atoms with van der Waals surface area (Å²) >= 11 is 0. The van der Waals surface area contributed by atoms with Gasteiger partial charge in [0, 0.05) is 38.1 Å². The van der Waals surface area contributed by atoms with E-state index in [9.17, 15) is 14.4 Å². The Morgan fingerprint density at radius 2 is 1.90 bits per heavy atom. The van der Waals surface area contributed by atoms with Gasteiger partial charge in [-0.3, -0.25) is 9.59 Å². The Bertz CT molecular complexity index is 671. The SMILES string of the molecule is CCOC(=O)[C@@H]1CNCCN1C(=O)C1CCC(NCC(=O)N2CCCC2C#N)CC1. The van der Waals surface area contributed by atoms with Crippen LogP contribution in [0.3, 0.4) is 0 Å². The number of nitrogens with one attached hydrogen (secondary N) is 2. The van der Waals surface area contributed by atoms with E-state index in [1.807, 2.05) is 0 Å². The molecule has 2 saturated heterocycles. The van der Waals surface area contributed by atoms with Gasteiger partial charge in [-0.2, -0.15) is 5.26 Å². The van der Waals surface area contributed by atoms with Crippen LogP contribution in [0.25, 0.3) is 0 Å². The molecule has 2 heterocycles. The Kier molecular flexibility index (Phi) is 8.05. The Labute approximate surface area is 178 Å². The minimum Gasteiger partial charge on any atom is -0.464 e. The number of nitrogens with zero attached hydrogens (tertiary/aromatic N) is 3. The van der Waals surface area contributed by atoms with Gasteiger partial charge in [-0.1, -0.05) is 0 Å². The first-order valence-corrected chi connectivity index (χ1v) is 11.2. The molecule has 2 N–H and O–H groups in total. The maximum atomic E-state index is 13.1. The normalized spacial score (nSPS) is 29.3. The van der Waals surface area contributed by atoms with E-state index in [1.54, 1.807) is 16.7 Å². The Morgan fingerprint density at radius 1 is 1.13 bits per heavy atom. The lowest BCUT2D eigenvalue weighted by Crippen LogP contribution is -2.59. The summed E-state index contributed by atoms with van der Waals surface area (Å²) in [4.78, 5) is 41.0. The van der Waals surface area contributed by atoms with Gasteiger partial charge < -0.3 is 25.2 Å². The standard InChI is InChI=1S/C21H33N5O4/c1-2-30-21(29)18-13-23-9-11-26(18)20(28)15-5-7-16(8-6-15)24-14-19(27)25-10-3-4-17(25)12-22/h15-18,23-24H,2-11,13-14H2,1H3/t15?,16?,17?,18-/m0/s1. The van der Waals surface area contributed by atoms with E-state index >= 15 is 0 Å². The molecule has 0 aromatic rings. The van der Waals surface area contributed by atoms with Crippen LogP contribution in [0.1, 0.15) is 45.4 Å². The minimum atomic E-state index is -0.548. The van der Waals surface area contributed by atoms with Gasteiger partial charge in [-0.15, -0.1) is 0 Å². The smallest absolute Gasteiger partial charge is 0.330 e. The van der Waals surface area contributed by atoms with Crippen molar-refractivity contribution in [3.63, 3.8) is 0 Å². The molecule has 166 valence electrons. The predicted octanol–water partition coefficient (Wildman–Crippen LogP) is 0.0129. The molecule has 2 aliphatic heterocycles. The Balaban J connectivity index is 1.45. The van der Waals surface area contributed by atoms with Gasteiger partial charge in [0.05, 0.1) is 19.2 Å². The predicted molar refractivity (Wildman–Crippen MR) is 109 cm³/mol. The van der Waals surface area contributed by atoms with Crippen molar-refractivity contribution in [3.8, 4) is 6.07 Å². The molecule has 9 heteroatoms. The number of amides is 2. The molecular formula is C21H33N5O4. The van der Waals surface area contributed by atoms with Crippen LogP contribution in [0.2, 0.25) is 0 Å². The molecular weight excluding hydrogens is 386 g/mol. The molecule has 3 aliphatic rings. The third-order valence-electron chi connectivity index (χ3n) is 6.43. The Hall–Kier alpha value is -2.18. The van der Waals surface area contributed by atoms with Gasteiger partial charge >= 0.3 is 5.97 Å². The summed E-state index contributed by atoms with van der Waals surface area (Å²) in [7, 11) is 0. The average molecular weight is 420 g/mol. The highest BCUT2D eigenvalue weighted by molar-refractivity contribution is 5.86. The van der Waals surface area contributed by atoms with Crippen LogP contribution in [-0.4, -0.2) is 85.0 Å². The highest BCUT2D eigenvalue weighted by atomic mass is 16.5. The zero-order valence-corrected chi connectivity index (χ0v) is 17.8. The van der Waals surface area contributed by atoms with Crippen LogP contribution < -0.4 is 10.6 Å². The van der Waals surface area contributed by atoms with E-state index in [0.29, 0.717) is 32.8 Å². The average Bonchev–Trinajstić information content (AvgIpc) is 3.26. The summed E-state index contributed by atoms with van der Waals surface area (Å²) in [5.74, 6) is -0.409. The summed E-state index contributed by atoms with van der Waals surface area (Å²) in [6.07, 6.45) is 4.77. The molecule has 30 heavy (non-hydrogen) atoms. The number of esters is 1. The van der Waals surface area contributed by atoms with Gasteiger partial charge in [0.25, 0.3) is 0 Å². The van der Waals surface area contributed by atoms with Gasteiger partial charge in [0.15, 0.2) is 0 Å². The summed E-state index contributed by atoms with van der Waals surface area (Å²) in [6, 6.07) is 1.56. The molecule has 3 rings (SSSR count). The maximum absolute atomic E-state index is 13.1. The van der Waals surface area contributed by atoms with Gasteiger partial charge in [0.2, 0.25) is 11.8 Å². The second-order valence-corrected chi connectivity index (χ2v) is 8.31. The number of likely N-dealkylation sites (tertiary alicyclic amines) is 1. The molecule has 0 bridgehead atoms. The number of piperazine rings is 1. The quantitative estimate of drug-likeness (QED) is 0.583. The number of carbonyl (C=O) groups excluding carboxylic acids is 3. The van der Waals surface area contributed by atoms with Crippen molar-refractivity contribution in [2.75, 3.05) is 39.3 Å². The molecule has 1 unspecified atom stereocenters. The number of carbonyl (C=O) groups is 3. The van der Waals surface area contributed by atoms with E-state index in [0.717, 1.165) is 38.5 Å². The zero-order chi connectivity index (χ0) is 21.5. The van der Waals surface area contributed by atoms with Crippen molar-refractivity contribution in [1.82, 2.24) is 20.4 Å². The first kappa shape index (κ1) is 22.5. The molecule has 1 saturated carbocycles. The van der Waals surface area contributed by atoms with Gasteiger partial charge in [-0.25, -0.2) is 4.79 Å². The van der Waals surface area contributed by atoms with Crippen molar-refractivity contribution in [3.05, 3.63) is 0 Å². The van der Waals surface area contributed by atoms with E-state index in [2.05, 4.69) is 16.7 Å². The molecule has 3 fully saturated rings. The van der Waals surface area contributed by atoms with Gasteiger partial charge in [0.1, 0.15) is 12.1 Å². The second kappa shape index (κ2) is 10.7. The van der Waals surface area contributed by atoms with Crippen LogP contribution in [-0.2, 0) is 19.1 Å². The molecule has 0 spiro atoms. The number of rotatable bonds is 6. The molecule has 0 radical (unpaired) electrons. The summed E-state index contributed by atoms with van der Waals surface area (Å²) in [5.41, 5.74) is 0. The van der Waals surface area contributed by atoms with Gasteiger partial charge in [-0.05, 0) is 45.4 Å². The van der Waals surface area contributed by atoms with Crippen molar-refractivity contribution < 1.29 is 19.1 Å². The highest BCUT2D eigenvalue weighted by Gasteiger charge is 2.37. The number of hydrogen-bond acceptors (Lipinski definition) is 7. The third kappa shape index (κ3) is 5.29. The minimum absolute atomic E-state index is 0.0182. The fourth-order valence-electron chi connectivity index (χ4n) is 4.73. The number of hydrogen-bond donors (Lipinski definition) is 2.